The van der Waals surface area contributed by atoms with Gasteiger partial charge in [0.25, 0.3) is 0 Å². The van der Waals surface area contributed by atoms with E-state index in [1.807, 2.05) is 31.1 Å². The number of benzene rings is 1. The van der Waals surface area contributed by atoms with Crippen LogP contribution in [0.2, 0.25) is 0 Å². The lowest BCUT2D eigenvalue weighted by Crippen LogP contribution is -2.25. The predicted octanol–water partition coefficient (Wildman–Crippen LogP) is 1.05. The molecule has 4 nitrogen and oxygen atoms in total. The van der Waals surface area contributed by atoms with E-state index in [-0.39, 0.29) is 0 Å². The van der Waals surface area contributed by atoms with Crippen molar-refractivity contribution in [3.63, 3.8) is 0 Å². The fourth-order valence-corrected chi connectivity index (χ4v) is 2.78. The summed E-state index contributed by atoms with van der Waals surface area (Å²) in [6.07, 6.45) is 0. The highest BCUT2D eigenvalue weighted by Crippen LogP contribution is 2.16. The minimum atomic E-state index is -3.36. The van der Waals surface area contributed by atoms with Crippen LogP contribution in [-0.4, -0.2) is 34.0 Å². The van der Waals surface area contributed by atoms with Crippen LogP contribution in [0.25, 0.3) is 0 Å². The van der Waals surface area contributed by atoms with Crippen molar-refractivity contribution in [3.05, 3.63) is 29.8 Å². The molecule has 1 rings (SSSR count). The maximum atomic E-state index is 11.9. The first-order valence-corrected chi connectivity index (χ1v) is 6.68. The Kier molecular flexibility index (Phi) is 4.46. The van der Waals surface area contributed by atoms with E-state index in [2.05, 4.69) is 4.72 Å². The molecule has 0 amide bonds. The van der Waals surface area contributed by atoms with Crippen molar-refractivity contribution in [2.45, 2.75) is 18.4 Å². The molecule has 1 aromatic rings. The molecular weight excluding hydrogens is 224 g/mol. The molecule has 0 fully saturated rings. The number of hydrogen-bond donors (Lipinski definition) is 1. The Morgan fingerprint density at radius 2 is 1.88 bits per heavy atom. The third-order valence-corrected chi connectivity index (χ3v) is 3.73. The molecule has 0 saturated carbocycles. The van der Waals surface area contributed by atoms with E-state index < -0.39 is 10.0 Å². The third kappa shape index (κ3) is 3.30. The summed E-state index contributed by atoms with van der Waals surface area (Å²) in [5, 5.41) is 0. The van der Waals surface area contributed by atoms with Crippen LogP contribution in [0, 0.1) is 0 Å². The molecule has 0 bridgehead atoms. The van der Waals surface area contributed by atoms with Crippen LogP contribution in [0.5, 0.6) is 0 Å². The van der Waals surface area contributed by atoms with Gasteiger partial charge in [-0.3, -0.25) is 0 Å². The Labute approximate surface area is 97.3 Å². The summed E-state index contributed by atoms with van der Waals surface area (Å²) in [6.45, 7) is 2.78. The highest BCUT2D eigenvalue weighted by molar-refractivity contribution is 7.89. The SMILES string of the molecule is CCNS(=O)(=O)c1ccccc1CN(C)C. The van der Waals surface area contributed by atoms with Crippen molar-refractivity contribution in [3.8, 4) is 0 Å². The van der Waals surface area contributed by atoms with Gasteiger partial charge in [0, 0.05) is 13.1 Å². The average Bonchev–Trinajstić information content (AvgIpc) is 2.17. The zero-order valence-electron chi connectivity index (χ0n) is 9.90. The Morgan fingerprint density at radius 3 is 2.44 bits per heavy atom. The van der Waals surface area contributed by atoms with E-state index in [1.54, 1.807) is 19.1 Å². The molecule has 0 radical (unpaired) electrons. The molecule has 0 heterocycles. The second-order valence-electron chi connectivity index (χ2n) is 3.85. The molecular formula is C11H18N2O2S. The first-order chi connectivity index (χ1) is 7.47. The van der Waals surface area contributed by atoms with E-state index in [1.165, 1.54) is 0 Å². The molecule has 0 aliphatic heterocycles. The lowest BCUT2D eigenvalue weighted by molar-refractivity contribution is 0.398. The summed E-state index contributed by atoms with van der Waals surface area (Å²) in [5.41, 5.74) is 0.813. The second-order valence-corrected chi connectivity index (χ2v) is 5.58. The van der Waals surface area contributed by atoms with Crippen molar-refractivity contribution in [1.29, 1.82) is 0 Å². The van der Waals surface area contributed by atoms with Gasteiger partial charge < -0.3 is 4.90 Å². The van der Waals surface area contributed by atoms with Crippen molar-refractivity contribution in [2.75, 3.05) is 20.6 Å². The molecule has 0 spiro atoms. The Bertz CT molecular complexity index is 441. The molecule has 16 heavy (non-hydrogen) atoms. The molecule has 0 atom stereocenters. The molecule has 0 saturated heterocycles. The van der Waals surface area contributed by atoms with E-state index in [0.717, 1.165) is 5.56 Å². The number of nitrogens with zero attached hydrogens (tertiary/aromatic N) is 1. The fourth-order valence-electron chi connectivity index (χ4n) is 1.51. The summed E-state index contributed by atoms with van der Waals surface area (Å²) < 4.78 is 26.3. The summed E-state index contributed by atoms with van der Waals surface area (Å²) >= 11 is 0. The van der Waals surface area contributed by atoms with Gasteiger partial charge in [-0.05, 0) is 25.7 Å². The minimum absolute atomic E-state index is 0.366. The van der Waals surface area contributed by atoms with Crippen molar-refractivity contribution in [1.82, 2.24) is 9.62 Å². The van der Waals surface area contributed by atoms with Gasteiger partial charge in [0.1, 0.15) is 0 Å². The molecule has 1 aromatic carbocycles. The highest BCUT2D eigenvalue weighted by Gasteiger charge is 2.16. The normalized spacial score (nSPS) is 12.0. The largest absolute Gasteiger partial charge is 0.305 e. The van der Waals surface area contributed by atoms with Gasteiger partial charge in [-0.15, -0.1) is 0 Å². The fraction of sp³-hybridized carbons (Fsp3) is 0.455. The van der Waals surface area contributed by atoms with Gasteiger partial charge in [-0.1, -0.05) is 25.1 Å². The number of hydrogen-bond acceptors (Lipinski definition) is 3. The maximum absolute atomic E-state index is 11.9. The van der Waals surface area contributed by atoms with Gasteiger partial charge >= 0.3 is 0 Å². The summed E-state index contributed by atoms with van der Waals surface area (Å²) in [7, 11) is 0.463. The minimum Gasteiger partial charge on any atom is -0.305 e. The summed E-state index contributed by atoms with van der Waals surface area (Å²) in [6, 6.07) is 7.06. The Hall–Kier alpha value is -0.910. The summed E-state index contributed by atoms with van der Waals surface area (Å²) in [4.78, 5) is 2.31. The van der Waals surface area contributed by atoms with Crippen LogP contribution in [0.3, 0.4) is 0 Å². The molecule has 0 aliphatic rings. The summed E-state index contributed by atoms with van der Waals surface area (Å²) in [5.74, 6) is 0. The van der Waals surface area contributed by atoms with Crippen LogP contribution in [0.15, 0.2) is 29.2 Å². The zero-order valence-corrected chi connectivity index (χ0v) is 10.7. The van der Waals surface area contributed by atoms with Gasteiger partial charge in [-0.25, -0.2) is 13.1 Å². The van der Waals surface area contributed by atoms with Crippen LogP contribution >= 0.6 is 0 Å². The van der Waals surface area contributed by atoms with Gasteiger partial charge in [-0.2, -0.15) is 0 Å². The van der Waals surface area contributed by atoms with Gasteiger partial charge in [0.05, 0.1) is 4.90 Å². The van der Waals surface area contributed by atoms with Crippen LogP contribution in [0.4, 0.5) is 0 Å². The molecule has 1 N–H and O–H groups in total. The monoisotopic (exact) mass is 242 g/mol. The Balaban J connectivity index is 3.13. The lowest BCUT2D eigenvalue weighted by Gasteiger charge is -2.14. The molecule has 0 unspecified atom stereocenters. The maximum Gasteiger partial charge on any atom is 0.240 e. The third-order valence-electron chi connectivity index (χ3n) is 2.08. The standard InChI is InChI=1S/C11H18N2O2S/c1-4-12-16(14,15)11-8-6-5-7-10(11)9-13(2)3/h5-8,12H,4,9H2,1-3H3. The second kappa shape index (κ2) is 5.43. The van der Waals surface area contributed by atoms with E-state index in [9.17, 15) is 8.42 Å². The Morgan fingerprint density at radius 1 is 1.25 bits per heavy atom. The van der Waals surface area contributed by atoms with E-state index >= 15 is 0 Å². The van der Waals surface area contributed by atoms with Crippen molar-refractivity contribution < 1.29 is 8.42 Å². The molecule has 0 aliphatic carbocycles. The van der Waals surface area contributed by atoms with Crippen LogP contribution in [-0.2, 0) is 16.6 Å². The number of rotatable bonds is 5. The van der Waals surface area contributed by atoms with Gasteiger partial charge in [0.15, 0.2) is 0 Å². The average molecular weight is 242 g/mol. The molecule has 90 valence electrons. The van der Waals surface area contributed by atoms with Crippen LogP contribution < -0.4 is 4.72 Å². The highest BCUT2D eigenvalue weighted by atomic mass is 32.2. The van der Waals surface area contributed by atoms with E-state index in [0.29, 0.717) is 18.0 Å². The first kappa shape index (κ1) is 13.2. The first-order valence-electron chi connectivity index (χ1n) is 5.19. The van der Waals surface area contributed by atoms with Crippen molar-refractivity contribution in [2.24, 2.45) is 0 Å². The quantitative estimate of drug-likeness (QED) is 0.839. The zero-order chi connectivity index (χ0) is 12.2. The number of sulfonamides is 1. The predicted molar refractivity (Wildman–Crippen MR) is 64.7 cm³/mol. The van der Waals surface area contributed by atoms with Crippen molar-refractivity contribution >= 4 is 10.0 Å². The molecule has 0 aromatic heterocycles. The lowest BCUT2D eigenvalue weighted by atomic mass is 10.2. The van der Waals surface area contributed by atoms with Gasteiger partial charge in [0.2, 0.25) is 10.0 Å². The van der Waals surface area contributed by atoms with Crippen LogP contribution in [0.1, 0.15) is 12.5 Å². The molecule has 5 heteroatoms. The topological polar surface area (TPSA) is 49.4 Å². The number of nitrogens with one attached hydrogen (secondary N) is 1. The van der Waals surface area contributed by atoms with E-state index in [4.69, 9.17) is 0 Å². The smallest absolute Gasteiger partial charge is 0.240 e.